The minimum Gasteiger partial charge on any atom is -0.454 e. The molecular weight excluding hydrogens is 358 g/mol. The van der Waals surface area contributed by atoms with Gasteiger partial charge in [0, 0.05) is 38.6 Å². The Hall–Kier alpha value is -2.28. The zero-order valence-corrected chi connectivity index (χ0v) is 16.3. The predicted octanol–water partition coefficient (Wildman–Crippen LogP) is 1.76. The molecule has 4 rings (SSSR count). The van der Waals surface area contributed by atoms with Gasteiger partial charge in [0.15, 0.2) is 11.5 Å². The molecule has 1 aliphatic carbocycles. The number of amides is 2. The third kappa shape index (κ3) is 4.58. The van der Waals surface area contributed by atoms with E-state index in [1.807, 2.05) is 17.0 Å². The van der Waals surface area contributed by atoms with Gasteiger partial charge in [-0.2, -0.15) is 0 Å². The number of ether oxygens (including phenoxy) is 2. The number of rotatable bonds is 5. The van der Waals surface area contributed by atoms with Gasteiger partial charge in [-0.1, -0.05) is 25.3 Å². The second-order valence-electron chi connectivity index (χ2n) is 7.90. The summed E-state index contributed by atoms with van der Waals surface area (Å²) in [4.78, 5) is 28.8. The van der Waals surface area contributed by atoms with Gasteiger partial charge in [0.05, 0.1) is 6.54 Å². The zero-order valence-electron chi connectivity index (χ0n) is 16.3. The number of hydrogen-bond acceptors (Lipinski definition) is 5. The molecular formula is C21H29N3O4. The Morgan fingerprint density at radius 1 is 1.00 bits per heavy atom. The van der Waals surface area contributed by atoms with Crippen molar-refractivity contribution in [2.45, 2.75) is 38.6 Å². The van der Waals surface area contributed by atoms with Crippen molar-refractivity contribution in [1.82, 2.24) is 15.1 Å². The van der Waals surface area contributed by atoms with Crippen LogP contribution in [0.4, 0.5) is 0 Å². The van der Waals surface area contributed by atoms with Crippen LogP contribution in [0.5, 0.6) is 11.5 Å². The molecule has 152 valence electrons. The summed E-state index contributed by atoms with van der Waals surface area (Å²) in [7, 11) is 0. The molecule has 7 nitrogen and oxygen atoms in total. The molecule has 0 bridgehead atoms. The van der Waals surface area contributed by atoms with Crippen LogP contribution in [0, 0.1) is 5.92 Å². The van der Waals surface area contributed by atoms with Gasteiger partial charge in [0.1, 0.15) is 0 Å². The topological polar surface area (TPSA) is 71.1 Å². The minimum absolute atomic E-state index is 0.0203. The Balaban J connectivity index is 1.19. The summed E-state index contributed by atoms with van der Waals surface area (Å²) >= 11 is 0. The molecule has 0 unspecified atom stereocenters. The number of benzene rings is 1. The Kier molecular flexibility index (Phi) is 6.00. The van der Waals surface area contributed by atoms with Crippen LogP contribution in [0.15, 0.2) is 18.2 Å². The third-order valence-corrected chi connectivity index (χ3v) is 5.96. The van der Waals surface area contributed by atoms with E-state index in [4.69, 9.17) is 9.47 Å². The quantitative estimate of drug-likeness (QED) is 0.834. The van der Waals surface area contributed by atoms with Crippen LogP contribution in [0.25, 0.3) is 0 Å². The van der Waals surface area contributed by atoms with Crippen molar-refractivity contribution in [3.05, 3.63) is 23.8 Å². The first-order valence-corrected chi connectivity index (χ1v) is 10.4. The van der Waals surface area contributed by atoms with Gasteiger partial charge in [0.2, 0.25) is 18.6 Å². The first kappa shape index (κ1) is 19.1. The van der Waals surface area contributed by atoms with Crippen LogP contribution in [-0.4, -0.2) is 61.1 Å². The highest BCUT2D eigenvalue weighted by atomic mass is 16.7. The number of carbonyl (C=O) groups is 2. The average Bonchev–Trinajstić information content (AvgIpc) is 3.21. The molecule has 1 saturated carbocycles. The van der Waals surface area contributed by atoms with E-state index in [9.17, 15) is 9.59 Å². The van der Waals surface area contributed by atoms with Crippen LogP contribution >= 0.6 is 0 Å². The number of nitrogens with one attached hydrogen (secondary N) is 1. The highest BCUT2D eigenvalue weighted by Crippen LogP contribution is 2.32. The molecule has 3 aliphatic rings. The summed E-state index contributed by atoms with van der Waals surface area (Å²) in [6.07, 6.45) is 5.38. The van der Waals surface area contributed by atoms with Gasteiger partial charge in [-0.3, -0.25) is 14.5 Å². The van der Waals surface area contributed by atoms with E-state index in [1.54, 1.807) is 0 Å². The van der Waals surface area contributed by atoms with Crippen molar-refractivity contribution in [1.29, 1.82) is 0 Å². The molecule has 0 radical (unpaired) electrons. The molecule has 2 amide bonds. The van der Waals surface area contributed by atoms with E-state index >= 15 is 0 Å². The average molecular weight is 387 g/mol. The lowest BCUT2D eigenvalue weighted by molar-refractivity contribution is -0.135. The fraction of sp³-hybridized carbons (Fsp3) is 0.619. The first-order chi connectivity index (χ1) is 13.7. The van der Waals surface area contributed by atoms with Crippen molar-refractivity contribution in [2.75, 3.05) is 39.5 Å². The lowest BCUT2D eigenvalue weighted by Gasteiger charge is -2.35. The van der Waals surface area contributed by atoms with E-state index in [2.05, 4.69) is 16.3 Å². The highest BCUT2D eigenvalue weighted by Gasteiger charge is 2.24. The van der Waals surface area contributed by atoms with Crippen LogP contribution in [0.1, 0.15) is 37.7 Å². The number of piperazine rings is 1. The minimum atomic E-state index is 0.0203. The monoisotopic (exact) mass is 387 g/mol. The van der Waals surface area contributed by atoms with E-state index in [-0.39, 0.29) is 31.1 Å². The lowest BCUT2D eigenvalue weighted by Crippen LogP contribution is -2.51. The Morgan fingerprint density at radius 3 is 2.54 bits per heavy atom. The Morgan fingerprint density at radius 2 is 1.75 bits per heavy atom. The maximum atomic E-state index is 12.4. The van der Waals surface area contributed by atoms with E-state index in [0.29, 0.717) is 13.1 Å². The Bertz CT molecular complexity index is 710. The third-order valence-electron chi connectivity index (χ3n) is 5.96. The molecule has 1 saturated heterocycles. The molecule has 1 aromatic rings. The summed E-state index contributed by atoms with van der Waals surface area (Å²) < 4.78 is 10.8. The fourth-order valence-corrected chi connectivity index (χ4v) is 4.24. The summed E-state index contributed by atoms with van der Waals surface area (Å²) in [6.45, 7) is 4.30. The van der Waals surface area contributed by atoms with Crippen LogP contribution in [0.2, 0.25) is 0 Å². The van der Waals surface area contributed by atoms with Gasteiger partial charge < -0.3 is 19.7 Å². The number of carbonyl (C=O) groups excluding carboxylic acids is 2. The normalized spacial score (nSPS) is 20.2. The lowest BCUT2D eigenvalue weighted by atomic mass is 9.89. The second-order valence-corrected chi connectivity index (χ2v) is 7.90. The fourth-order valence-electron chi connectivity index (χ4n) is 4.24. The number of fused-ring (bicyclic) bond motifs is 1. The molecule has 7 heteroatoms. The SMILES string of the molecule is O=C(NCC(=O)N1CCN(Cc2ccc3c(c2)OCO3)CC1)C1CCCCC1. The maximum Gasteiger partial charge on any atom is 0.242 e. The van der Waals surface area contributed by atoms with Crippen molar-refractivity contribution in [2.24, 2.45) is 5.92 Å². The van der Waals surface area contributed by atoms with Crippen molar-refractivity contribution in [3.63, 3.8) is 0 Å². The van der Waals surface area contributed by atoms with E-state index in [1.165, 1.54) is 12.0 Å². The summed E-state index contributed by atoms with van der Waals surface area (Å²) in [5.74, 6) is 1.77. The molecule has 28 heavy (non-hydrogen) atoms. The second kappa shape index (κ2) is 8.82. The van der Waals surface area contributed by atoms with Gasteiger partial charge in [-0.05, 0) is 30.5 Å². The molecule has 2 aliphatic heterocycles. The summed E-state index contributed by atoms with van der Waals surface area (Å²) in [5, 5.41) is 2.85. The maximum absolute atomic E-state index is 12.4. The molecule has 2 fully saturated rings. The molecule has 0 atom stereocenters. The van der Waals surface area contributed by atoms with Gasteiger partial charge >= 0.3 is 0 Å². The molecule has 0 spiro atoms. The first-order valence-electron chi connectivity index (χ1n) is 10.4. The zero-order chi connectivity index (χ0) is 19.3. The van der Waals surface area contributed by atoms with Crippen LogP contribution in [-0.2, 0) is 16.1 Å². The van der Waals surface area contributed by atoms with E-state index in [0.717, 1.165) is 56.8 Å². The molecule has 1 N–H and O–H groups in total. The molecule has 2 heterocycles. The van der Waals surface area contributed by atoms with Crippen molar-refractivity contribution in [3.8, 4) is 11.5 Å². The number of nitrogens with zero attached hydrogens (tertiary/aromatic N) is 2. The standard InChI is InChI=1S/C21H29N3O4/c25-20(13-22-21(26)17-4-2-1-3-5-17)24-10-8-23(9-11-24)14-16-6-7-18-19(12-16)28-15-27-18/h6-7,12,17H,1-5,8-11,13-15H2,(H,22,26). The van der Waals surface area contributed by atoms with Crippen LogP contribution in [0.3, 0.4) is 0 Å². The number of hydrogen-bond donors (Lipinski definition) is 1. The molecule has 1 aromatic carbocycles. The van der Waals surface area contributed by atoms with Crippen molar-refractivity contribution < 1.29 is 19.1 Å². The van der Waals surface area contributed by atoms with Gasteiger partial charge in [-0.15, -0.1) is 0 Å². The highest BCUT2D eigenvalue weighted by molar-refractivity contribution is 5.85. The Labute approximate surface area is 166 Å². The van der Waals surface area contributed by atoms with E-state index < -0.39 is 0 Å². The van der Waals surface area contributed by atoms with Crippen molar-refractivity contribution >= 4 is 11.8 Å². The van der Waals surface area contributed by atoms with Gasteiger partial charge in [-0.25, -0.2) is 0 Å². The smallest absolute Gasteiger partial charge is 0.242 e. The largest absolute Gasteiger partial charge is 0.454 e. The van der Waals surface area contributed by atoms with Gasteiger partial charge in [0.25, 0.3) is 0 Å². The molecule has 0 aromatic heterocycles. The summed E-state index contributed by atoms with van der Waals surface area (Å²) in [6, 6.07) is 6.04. The summed E-state index contributed by atoms with van der Waals surface area (Å²) in [5.41, 5.74) is 1.18. The predicted molar refractivity (Wildman–Crippen MR) is 104 cm³/mol. The van der Waals surface area contributed by atoms with Crippen LogP contribution < -0.4 is 14.8 Å².